The first-order valence-corrected chi connectivity index (χ1v) is 11.7. The van der Waals surface area contributed by atoms with Gasteiger partial charge in [-0.15, -0.1) is 0 Å². The normalized spacial score (nSPS) is 14.9. The molecule has 1 aliphatic rings. The van der Waals surface area contributed by atoms with Crippen molar-refractivity contribution in [3.63, 3.8) is 0 Å². The van der Waals surface area contributed by atoms with Gasteiger partial charge < -0.3 is 18.8 Å². The Morgan fingerprint density at radius 3 is 2.60 bits per heavy atom. The SMILES string of the molecule is CCCCOc1ccc([C@@H]2c3c(oc4ccccc4c3=O)C(=O)N2Cc2ccncc2)cc1OC. The standard InChI is InChI=1S/C28H26N2O5/c1-3-4-15-34-22-10-9-19(16-23(22)33-2)25-24-26(31)20-7-5-6-8-21(20)35-27(24)28(32)30(25)17-18-11-13-29-14-12-18/h5-14,16,25H,3-4,15,17H2,1-2H3/t25-/m1/s1. The Labute approximate surface area is 202 Å². The minimum Gasteiger partial charge on any atom is -0.493 e. The number of nitrogens with zero attached hydrogens (tertiary/aromatic N) is 2. The van der Waals surface area contributed by atoms with E-state index in [1.165, 1.54) is 0 Å². The number of fused-ring (bicyclic) bond motifs is 2. The monoisotopic (exact) mass is 470 g/mol. The first kappa shape index (κ1) is 22.7. The van der Waals surface area contributed by atoms with E-state index in [2.05, 4.69) is 11.9 Å². The van der Waals surface area contributed by atoms with Gasteiger partial charge >= 0.3 is 0 Å². The average Bonchev–Trinajstić information content (AvgIpc) is 3.16. The molecule has 2 aromatic heterocycles. The second-order valence-electron chi connectivity index (χ2n) is 8.47. The molecule has 1 aliphatic heterocycles. The molecule has 0 spiro atoms. The molecule has 0 aliphatic carbocycles. The summed E-state index contributed by atoms with van der Waals surface area (Å²) in [5.74, 6) is 0.927. The van der Waals surface area contributed by atoms with Gasteiger partial charge in [-0.1, -0.05) is 31.5 Å². The number of hydrogen-bond acceptors (Lipinski definition) is 6. The van der Waals surface area contributed by atoms with Crippen molar-refractivity contribution in [3.8, 4) is 11.5 Å². The Hall–Kier alpha value is -4.13. The molecule has 0 bridgehead atoms. The zero-order valence-corrected chi connectivity index (χ0v) is 19.7. The fourth-order valence-electron chi connectivity index (χ4n) is 4.46. The number of hydrogen-bond donors (Lipinski definition) is 0. The van der Waals surface area contributed by atoms with Gasteiger partial charge in [0, 0.05) is 18.9 Å². The zero-order valence-electron chi connectivity index (χ0n) is 19.7. The quantitative estimate of drug-likeness (QED) is 0.333. The van der Waals surface area contributed by atoms with E-state index in [0.717, 1.165) is 24.0 Å². The van der Waals surface area contributed by atoms with Crippen molar-refractivity contribution in [2.75, 3.05) is 13.7 Å². The minimum absolute atomic E-state index is 0.0787. The second kappa shape index (κ2) is 9.62. The number of carbonyl (C=O) groups is 1. The Morgan fingerprint density at radius 2 is 1.83 bits per heavy atom. The van der Waals surface area contributed by atoms with Crippen LogP contribution in [0.5, 0.6) is 11.5 Å². The molecule has 4 aromatic rings. The van der Waals surface area contributed by atoms with Crippen molar-refractivity contribution in [1.82, 2.24) is 9.88 Å². The van der Waals surface area contributed by atoms with E-state index in [4.69, 9.17) is 13.9 Å². The van der Waals surface area contributed by atoms with E-state index >= 15 is 0 Å². The van der Waals surface area contributed by atoms with Gasteiger partial charge in [0.05, 0.1) is 30.7 Å². The molecule has 5 rings (SSSR count). The average molecular weight is 471 g/mol. The van der Waals surface area contributed by atoms with E-state index in [0.29, 0.717) is 41.2 Å². The zero-order chi connectivity index (χ0) is 24.4. The van der Waals surface area contributed by atoms with Gasteiger partial charge in [0.1, 0.15) is 5.58 Å². The van der Waals surface area contributed by atoms with E-state index in [1.54, 1.807) is 48.7 Å². The highest BCUT2D eigenvalue weighted by Gasteiger charge is 2.43. The summed E-state index contributed by atoms with van der Waals surface area (Å²) in [6.45, 7) is 2.98. The topological polar surface area (TPSA) is 81.9 Å². The molecule has 3 heterocycles. The third kappa shape index (κ3) is 4.14. The summed E-state index contributed by atoms with van der Waals surface area (Å²) < 4.78 is 17.5. The Morgan fingerprint density at radius 1 is 1.03 bits per heavy atom. The predicted octanol–water partition coefficient (Wildman–Crippen LogP) is 5.12. The van der Waals surface area contributed by atoms with E-state index in [-0.39, 0.29) is 17.1 Å². The van der Waals surface area contributed by atoms with E-state index < -0.39 is 6.04 Å². The van der Waals surface area contributed by atoms with Crippen LogP contribution in [0.3, 0.4) is 0 Å². The van der Waals surface area contributed by atoms with Gasteiger partial charge in [-0.05, 0) is 53.9 Å². The summed E-state index contributed by atoms with van der Waals surface area (Å²) in [4.78, 5) is 33.0. The number of benzene rings is 2. The molecule has 35 heavy (non-hydrogen) atoms. The van der Waals surface area contributed by atoms with Crippen molar-refractivity contribution >= 4 is 16.9 Å². The van der Waals surface area contributed by atoms with Gasteiger partial charge in [-0.25, -0.2) is 0 Å². The van der Waals surface area contributed by atoms with Crippen molar-refractivity contribution in [2.24, 2.45) is 0 Å². The van der Waals surface area contributed by atoms with Crippen molar-refractivity contribution < 1.29 is 18.7 Å². The smallest absolute Gasteiger partial charge is 0.291 e. The maximum absolute atomic E-state index is 13.6. The number of amides is 1. The molecule has 178 valence electrons. The van der Waals surface area contributed by atoms with Gasteiger partial charge in [0.2, 0.25) is 5.76 Å². The van der Waals surface area contributed by atoms with Gasteiger partial charge in [0.25, 0.3) is 5.91 Å². The molecule has 1 atom stereocenters. The highest BCUT2D eigenvalue weighted by molar-refractivity contribution is 5.99. The third-order valence-corrected chi connectivity index (χ3v) is 6.23. The molecule has 0 radical (unpaired) electrons. The van der Waals surface area contributed by atoms with E-state index in [9.17, 15) is 9.59 Å². The lowest BCUT2D eigenvalue weighted by atomic mass is 9.98. The number of carbonyl (C=O) groups excluding carboxylic acids is 1. The number of pyridine rings is 1. The molecule has 0 N–H and O–H groups in total. The van der Waals surface area contributed by atoms with Crippen LogP contribution in [0, 0.1) is 0 Å². The number of rotatable bonds is 8. The van der Waals surface area contributed by atoms with Crippen LogP contribution in [0.25, 0.3) is 11.0 Å². The van der Waals surface area contributed by atoms with Crippen LogP contribution in [0.1, 0.15) is 53.1 Å². The van der Waals surface area contributed by atoms with Crippen LogP contribution >= 0.6 is 0 Å². The number of methoxy groups -OCH3 is 1. The molecular weight excluding hydrogens is 444 g/mol. The molecule has 7 heteroatoms. The van der Waals surface area contributed by atoms with Crippen molar-refractivity contribution in [3.05, 3.63) is 99.7 Å². The molecule has 7 nitrogen and oxygen atoms in total. The van der Waals surface area contributed by atoms with Crippen LogP contribution in [0.4, 0.5) is 0 Å². The largest absolute Gasteiger partial charge is 0.493 e. The first-order valence-electron chi connectivity index (χ1n) is 11.7. The van der Waals surface area contributed by atoms with Crippen LogP contribution in [0.15, 0.2) is 76.2 Å². The summed E-state index contributed by atoms with van der Waals surface area (Å²) in [5.41, 5.74) is 2.17. The molecule has 0 saturated heterocycles. The van der Waals surface area contributed by atoms with Crippen LogP contribution in [0.2, 0.25) is 0 Å². The highest BCUT2D eigenvalue weighted by Crippen LogP contribution is 2.41. The van der Waals surface area contributed by atoms with E-state index in [1.807, 2.05) is 30.3 Å². The molecule has 0 saturated carbocycles. The maximum atomic E-state index is 13.6. The fourth-order valence-corrected chi connectivity index (χ4v) is 4.46. The first-order chi connectivity index (χ1) is 17.1. The molecule has 1 amide bonds. The summed E-state index contributed by atoms with van der Waals surface area (Å²) in [5, 5.41) is 0.446. The van der Waals surface area contributed by atoms with Crippen molar-refractivity contribution in [1.29, 1.82) is 0 Å². The van der Waals surface area contributed by atoms with Crippen molar-refractivity contribution in [2.45, 2.75) is 32.4 Å². The Balaban J connectivity index is 1.65. The molecule has 2 aromatic carbocycles. The summed E-state index contributed by atoms with van der Waals surface area (Å²) in [6.07, 6.45) is 5.32. The predicted molar refractivity (Wildman–Crippen MR) is 132 cm³/mol. The molecule has 0 fully saturated rings. The lowest BCUT2D eigenvalue weighted by Crippen LogP contribution is -2.29. The van der Waals surface area contributed by atoms with Gasteiger partial charge in [-0.3, -0.25) is 14.6 Å². The highest BCUT2D eigenvalue weighted by atomic mass is 16.5. The summed E-state index contributed by atoms with van der Waals surface area (Å²) in [6, 6.07) is 15.6. The summed E-state index contributed by atoms with van der Waals surface area (Å²) in [7, 11) is 1.58. The summed E-state index contributed by atoms with van der Waals surface area (Å²) >= 11 is 0. The molecular formula is C28H26N2O5. The lowest BCUT2D eigenvalue weighted by molar-refractivity contribution is 0.0714. The lowest BCUT2D eigenvalue weighted by Gasteiger charge is -2.26. The van der Waals surface area contributed by atoms with Gasteiger partial charge in [0.15, 0.2) is 16.9 Å². The number of para-hydroxylation sites is 1. The van der Waals surface area contributed by atoms with Crippen LogP contribution in [-0.2, 0) is 6.54 Å². The molecule has 0 unspecified atom stereocenters. The minimum atomic E-state index is -0.634. The maximum Gasteiger partial charge on any atom is 0.291 e. The number of unbranched alkanes of at least 4 members (excludes halogenated alkanes) is 1. The fraction of sp³-hybridized carbons (Fsp3) is 0.250. The van der Waals surface area contributed by atoms with Crippen LogP contribution in [-0.4, -0.2) is 29.5 Å². The number of aromatic nitrogens is 1. The van der Waals surface area contributed by atoms with Gasteiger partial charge in [-0.2, -0.15) is 0 Å². The second-order valence-corrected chi connectivity index (χ2v) is 8.47. The number of ether oxygens (including phenoxy) is 2. The Bertz CT molecular complexity index is 1430. The van der Waals surface area contributed by atoms with Crippen LogP contribution < -0.4 is 14.9 Å². The Kier molecular flexibility index (Phi) is 6.23. The third-order valence-electron chi connectivity index (χ3n) is 6.23.